The second-order valence-corrected chi connectivity index (χ2v) is 7.23. The molecule has 0 bridgehead atoms. The highest BCUT2D eigenvalue weighted by atomic mass is 16.3. The number of anilines is 1. The number of hydrogen-bond acceptors (Lipinski definition) is 4. The van der Waals surface area contributed by atoms with E-state index in [0.29, 0.717) is 5.92 Å². The molecule has 0 fully saturated rings. The molecule has 0 aliphatic heterocycles. The Kier molecular flexibility index (Phi) is 7.02. The standard InChI is InChI=1S/C20H32N4O/c1-15(2)19-18(20(23(3)4)24(5)22-19)13-21-12-17(14-25)11-16-9-7-6-8-10-16/h6-10,15,17,21,25H,11-14H2,1-5H3/t17-/m1/s1. The number of hydrogen-bond donors (Lipinski definition) is 2. The first-order chi connectivity index (χ1) is 11.9. The first-order valence-corrected chi connectivity index (χ1v) is 9.02. The fourth-order valence-corrected chi connectivity index (χ4v) is 3.32. The second kappa shape index (κ2) is 9.02. The minimum Gasteiger partial charge on any atom is -0.396 e. The van der Waals surface area contributed by atoms with Crippen molar-refractivity contribution >= 4 is 5.82 Å². The normalized spacial score (nSPS) is 12.6. The summed E-state index contributed by atoms with van der Waals surface area (Å²) in [4.78, 5) is 2.11. The van der Waals surface area contributed by atoms with Crippen molar-refractivity contribution < 1.29 is 5.11 Å². The average molecular weight is 345 g/mol. The van der Waals surface area contributed by atoms with Crippen molar-refractivity contribution in [3.63, 3.8) is 0 Å². The highest BCUT2D eigenvalue weighted by Crippen LogP contribution is 2.27. The topological polar surface area (TPSA) is 53.3 Å². The fourth-order valence-electron chi connectivity index (χ4n) is 3.32. The molecule has 2 rings (SSSR count). The zero-order chi connectivity index (χ0) is 18.4. The molecule has 1 atom stereocenters. The maximum atomic E-state index is 9.71. The summed E-state index contributed by atoms with van der Waals surface area (Å²) in [6, 6.07) is 10.3. The van der Waals surface area contributed by atoms with Gasteiger partial charge in [0.25, 0.3) is 0 Å². The molecule has 0 aliphatic rings. The molecular formula is C20H32N4O. The average Bonchev–Trinajstić information content (AvgIpc) is 2.91. The van der Waals surface area contributed by atoms with Crippen LogP contribution in [0.5, 0.6) is 0 Å². The molecule has 25 heavy (non-hydrogen) atoms. The zero-order valence-electron chi connectivity index (χ0n) is 16.2. The molecule has 138 valence electrons. The van der Waals surface area contributed by atoms with Crippen LogP contribution < -0.4 is 10.2 Å². The van der Waals surface area contributed by atoms with Gasteiger partial charge in [0.2, 0.25) is 0 Å². The molecule has 1 aromatic heterocycles. The summed E-state index contributed by atoms with van der Waals surface area (Å²) >= 11 is 0. The number of benzene rings is 1. The molecule has 0 saturated carbocycles. The van der Waals surface area contributed by atoms with Crippen molar-refractivity contribution in [1.29, 1.82) is 0 Å². The van der Waals surface area contributed by atoms with E-state index in [4.69, 9.17) is 5.10 Å². The maximum absolute atomic E-state index is 9.71. The van der Waals surface area contributed by atoms with E-state index in [9.17, 15) is 5.11 Å². The van der Waals surface area contributed by atoms with Crippen LogP contribution in [0.3, 0.4) is 0 Å². The van der Waals surface area contributed by atoms with Crippen LogP contribution in [-0.2, 0) is 20.0 Å². The van der Waals surface area contributed by atoms with E-state index in [1.165, 1.54) is 11.1 Å². The van der Waals surface area contributed by atoms with E-state index < -0.39 is 0 Å². The van der Waals surface area contributed by atoms with E-state index in [0.717, 1.165) is 31.0 Å². The van der Waals surface area contributed by atoms with E-state index >= 15 is 0 Å². The van der Waals surface area contributed by atoms with E-state index in [-0.39, 0.29) is 12.5 Å². The molecule has 2 N–H and O–H groups in total. The Hall–Kier alpha value is -1.85. The monoisotopic (exact) mass is 344 g/mol. The minimum atomic E-state index is 0.187. The molecule has 5 heteroatoms. The van der Waals surface area contributed by atoms with Crippen LogP contribution in [0.2, 0.25) is 0 Å². The first kappa shape index (κ1) is 19.5. The van der Waals surface area contributed by atoms with Gasteiger partial charge in [-0.05, 0) is 23.8 Å². The van der Waals surface area contributed by atoms with Crippen LogP contribution in [0, 0.1) is 5.92 Å². The third kappa shape index (κ3) is 5.06. The minimum absolute atomic E-state index is 0.187. The smallest absolute Gasteiger partial charge is 0.130 e. The van der Waals surface area contributed by atoms with Gasteiger partial charge in [0.1, 0.15) is 5.82 Å². The molecule has 5 nitrogen and oxygen atoms in total. The lowest BCUT2D eigenvalue weighted by Gasteiger charge is -2.18. The lowest BCUT2D eigenvalue weighted by atomic mass is 9.99. The Morgan fingerprint density at radius 1 is 1.20 bits per heavy atom. The maximum Gasteiger partial charge on any atom is 0.130 e. The summed E-state index contributed by atoms with van der Waals surface area (Å²) in [6.45, 7) is 6.09. The number of aliphatic hydroxyl groups is 1. The van der Waals surface area contributed by atoms with Gasteiger partial charge in [-0.2, -0.15) is 5.10 Å². The van der Waals surface area contributed by atoms with Gasteiger partial charge in [0.05, 0.1) is 5.69 Å². The highest BCUT2D eigenvalue weighted by molar-refractivity contribution is 5.50. The molecule has 0 unspecified atom stereocenters. The summed E-state index contributed by atoms with van der Waals surface area (Å²) in [6.07, 6.45) is 0.884. The number of rotatable bonds is 9. The molecular weight excluding hydrogens is 312 g/mol. The number of aromatic nitrogens is 2. The molecule has 0 saturated heterocycles. The summed E-state index contributed by atoms with van der Waals surface area (Å²) in [7, 11) is 6.10. The van der Waals surface area contributed by atoms with Gasteiger partial charge >= 0.3 is 0 Å². The van der Waals surface area contributed by atoms with Gasteiger partial charge in [0.15, 0.2) is 0 Å². The largest absolute Gasteiger partial charge is 0.396 e. The molecule has 0 radical (unpaired) electrons. The zero-order valence-corrected chi connectivity index (χ0v) is 16.2. The molecule has 0 amide bonds. The number of nitrogens with one attached hydrogen (secondary N) is 1. The Bertz CT molecular complexity index is 649. The summed E-state index contributed by atoms with van der Waals surface area (Å²) in [5, 5.41) is 17.9. The molecule has 1 heterocycles. The first-order valence-electron chi connectivity index (χ1n) is 9.02. The number of aryl methyl sites for hydroxylation is 1. The van der Waals surface area contributed by atoms with E-state index in [2.05, 4.69) is 50.3 Å². The van der Waals surface area contributed by atoms with E-state index in [1.807, 2.05) is 29.9 Å². The van der Waals surface area contributed by atoms with Crippen LogP contribution in [0.25, 0.3) is 0 Å². The van der Waals surface area contributed by atoms with Gasteiger partial charge in [-0.1, -0.05) is 44.2 Å². The van der Waals surface area contributed by atoms with E-state index in [1.54, 1.807) is 0 Å². The Morgan fingerprint density at radius 2 is 1.88 bits per heavy atom. The van der Waals surface area contributed by atoms with Gasteiger partial charge < -0.3 is 15.3 Å². The van der Waals surface area contributed by atoms with Crippen molar-refractivity contribution in [1.82, 2.24) is 15.1 Å². The van der Waals surface area contributed by atoms with Crippen molar-refractivity contribution in [2.75, 3.05) is 32.1 Å². The van der Waals surface area contributed by atoms with Crippen LogP contribution in [-0.4, -0.2) is 42.1 Å². The molecule has 2 aromatic rings. The predicted octanol–water partition coefficient (Wildman–Crippen LogP) is 2.55. The fraction of sp³-hybridized carbons (Fsp3) is 0.550. The second-order valence-electron chi connectivity index (χ2n) is 7.23. The SMILES string of the molecule is CC(C)c1nn(C)c(N(C)C)c1CNC[C@H](CO)Cc1ccccc1. The molecule has 1 aromatic carbocycles. The van der Waals surface area contributed by atoms with Crippen LogP contribution in [0.4, 0.5) is 5.82 Å². The molecule has 0 spiro atoms. The van der Waals surface area contributed by atoms with Crippen LogP contribution in [0.1, 0.15) is 36.6 Å². The summed E-state index contributed by atoms with van der Waals surface area (Å²) < 4.78 is 1.96. The van der Waals surface area contributed by atoms with Gasteiger partial charge in [0, 0.05) is 46.4 Å². The van der Waals surface area contributed by atoms with Crippen molar-refractivity contribution in [3.8, 4) is 0 Å². The van der Waals surface area contributed by atoms with Gasteiger partial charge in [-0.15, -0.1) is 0 Å². The van der Waals surface area contributed by atoms with Crippen molar-refractivity contribution in [2.45, 2.75) is 32.7 Å². The van der Waals surface area contributed by atoms with Crippen molar-refractivity contribution in [3.05, 3.63) is 47.2 Å². The van der Waals surface area contributed by atoms with Crippen LogP contribution in [0.15, 0.2) is 30.3 Å². The Morgan fingerprint density at radius 3 is 2.44 bits per heavy atom. The molecule has 0 aliphatic carbocycles. The Labute approximate surface area is 151 Å². The Balaban J connectivity index is 2.02. The highest BCUT2D eigenvalue weighted by Gasteiger charge is 2.20. The third-order valence-electron chi connectivity index (χ3n) is 4.47. The quantitative estimate of drug-likeness (QED) is 0.734. The lowest BCUT2D eigenvalue weighted by molar-refractivity contribution is 0.221. The summed E-state index contributed by atoms with van der Waals surface area (Å²) in [5.41, 5.74) is 3.66. The summed E-state index contributed by atoms with van der Waals surface area (Å²) in [5.74, 6) is 1.74. The third-order valence-corrected chi connectivity index (χ3v) is 4.47. The van der Waals surface area contributed by atoms with Crippen molar-refractivity contribution in [2.24, 2.45) is 13.0 Å². The van der Waals surface area contributed by atoms with Gasteiger partial charge in [-0.3, -0.25) is 4.68 Å². The number of nitrogens with zero attached hydrogens (tertiary/aromatic N) is 3. The predicted molar refractivity (Wildman–Crippen MR) is 104 cm³/mol. The lowest BCUT2D eigenvalue weighted by Crippen LogP contribution is -2.27. The number of aliphatic hydroxyl groups excluding tert-OH is 1. The van der Waals surface area contributed by atoms with Crippen LogP contribution >= 0.6 is 0 Å². The van der Waals surface area contributed by atoms with Gasteiger partial charge in [-0.25, -0.2) is 0 Å².